The number of nitrogens with zero attached hydrogens (tertiary/aromatic N) is 6. The normalized spacial score (nSPS) is 18.0. The Kier molecular flexibility index (Phi) is 9.98. The zero-order chi connectivity index (χ0) is 33.9. The van der Waals surface area contributed by atoms with Crippen LogP contribution in [0.3, 0.4) is 0 Å². The monoisotopic (exact) mass is 682 g/mol. The third kappa shape index (κ3) is 6.95. The Bertz CT molecular complexity index is 1640. The molecule has 248 valence electrons. The molecule has 0 radical (unpaired) electrons. The number of anilines is 3. The summed E-state index contributed by atoms with van der Waals surface area (Å²) in [6, 6.07) is -1.92. The van der Waals surface area contributed by atoms with Crippen LogP contribution in [-0.2, 0) is 42.4 Å². The van der Waals surface area contributed by atoms with E-state index in [0.717, 1.165) is 16.4 Å². The standard InChI is InChI=1S/C23H30N12O9S2/c1-23(2,20(40)41)44-30-11(15-29-21(26)46-32-15)16(36)28-12-17(37)35-13(19(38)39)9(8-45-18(12)35)6-34-7-10(14(25)33(34)3)27-22(42)31-43-5-4-24/h7,12,18,25H,4-6,8,24H2,1-3H3,(H7,26,27,28,29,31,32,36,38,39,40,41,42)/b30-11-/t12-,18-/m1/s1. The molecule has 23 heteroatoms. The number of carboxylic acids is 2. The Hall–Kier alpha value is -5.00. The first kappa shape index (κ1) is 33.9. The van der Waals surface area contributed by atoms with E-state index in [1.807, 2.05) is 0 Å². The lowest BCUT2D eigenvalue weighted by Gasteiger charge is -2.50. The smallest absolute Gasteiger partial charge is 0.350 e. The van der Waals surface area contributed by atoms with E-state index < -0.39 is 52.5 Å². The van der Waals surface area contributed by atoms with Gasteiger partial charge in [-0.1, -0.05) is 5.16 Å². The number of carboxylic acid groups (broad SMARTS) is 2. The predicted octanol–water partition coefficient (Wildman–Crippen LogP) is -3.97. The Balaban J connectivity index is 1.52. The van der Waals surface area contributed by atoms with E-state index in [0.29, 0.717) is 5.57 Å². The van der Waals surface area contributed by atoms with Gasteiger partial charge in [0.05, 0.1) is 25.3 Å². The second kappa shape index (κ2) is 13.6. The van der Waals surface area contributed by atoms with Gasteiger partial charge in [-0.2, -0.15) is 9.36 Å². The fourth-order valence-electron chi connectivity index (χ4n) is 4.10. The van der Waals surface area contributed by atoms with Crippen molar-refractivity contribution in [2.24, 2.45) is 17.9 Å². The average molecular weight is 683 g/mol. The first-order chi connectivity index (χ1) is 21.7. The summed E-state index contributed by atoms with van der Waals surface area (Å²) in [5.74, 6) is -4.76. The molecule has 4 heterocycles. The second-order valence-electron chi connectivity index (χ2n) is 10.1. The number of oxime groups is 1. The highest BCUT2D eigenvalue weighted by Gasteiger charge is 2.53. The number of thioether (sulfide) groups is 1. The summed E-state index contributed by atoms with van der Waals surface area (Å²) >= 11 is 1.91. The molecular formula is C23H30N12O9S2. The first-order valence-electron chi connectivity index (χ1n) is 13.2. The molecule has 46 heavy (non-hydrogen) atoms. The fourth-order valence-corrected chi connectivity index (χ4v) is 5.87. The van der Waals surface area contributed by atoms with Crippen LogP contribution in [0.2, 0.25) is 0 Å². The van der Waals surface area contributed by atoms with Gasteiger partial charge in [-0.15, -0.1) is 21.1 Å². The van der Waals surface area contributed by atoms with E-state index in [1.165, 1.54) is 41.2 Å². The maximum Gasteiger partial charge on any atom is 0.350 e. The zero-order valence-electron chi connectivity index (χ0n) is 24.5. The second-order valence-corrected chi connectivity index (χ2v) is 12.0. The van der Waals surface area contributed by atoms with Gasteiger partial charge in [-0.25, -0.2) is 15.1 Å². The molecule has 2 atom stereocenters. The van der Waals surface area contributed by atoms with Crippen LogP contribution in [0.25, 0.3) is 0 Å². The number of aliphatic carboxylic acids is 2. The summed E-state index contributed by atoms with van der Waals surface area (Å²) in [5, 5.41) is 29.4. The number of carbonyl (C=O) groups is 5. The Morgan fingerprint density at radius 1 is 1.30 bits per heavy atom. The maximum absolute atomic E-state index is 13.2. The molecule has 0 aliphatic carbocycles. The van der Waals surface area contributed by atoms with Gasteiger partial charge < -0.3 is 42.4 Å². The van der Waals surface area contributed by atoms with Crippen molar-refractivity contribution < 1.29 is 48.5 Å². The van der Waals surface area contributed by atoms with Gasteiger partial charge in [0.15, 0.2) is 23.2 Å². The van der Waals surface area contributed by atoms with Crippen molar-refractivity contribution in [3.05, 3.63) is 23.3 Å². The highest BCUT2D eigenvalue weighted by molar-refractivity contribution is 8.00. The third-order valence-corrected chi connectivity index (χ3v) is 8.43. The van der Waals surface area contributed by atoms with Gasteiger partial charge in [-0.3, -0.25) is 24.6 Å². The Morgan fingerprint density at radius 3 is 2.63 bits per heavy atom. The number of aromatic nitrogens is 4. The Labute approximate surface area is 267 Å². The van der Waals surface area contributed by atoms with E-state index >= 15 is 0 Å². The highest BCUT2D eigenvalue weighted by Crippen LogP contribution is 2.40. The lowest BCUT2D eigenvalue weighted by atomic mass is 10.0. The van der Waals surface area contributed by atoms with Crippen molar-refractivity contribution in [2.45, 2.75) is 37.4 Å². The van der Waals surface area contributed by atoms with Gasteiger partial charge >= 0.3 is 12.0 Å². The zero-order valence-corrected chi connectivity index (χ0v) is 26.1. The summed E-state index contributed by atoms with van der Waals surface area (Å²) in [5.41, 5.74) is 16.9. The van der Waals surface area contributed by atoms with Crippen molar-refractivity contribution in [2.75, 3.05) is 35.7 Å². The summed E-state index contributed by atoms with van der Waals surface area (Å²) in [4.78, 5) is 77.1. The van der Waals surface area contributed by atoms with Crippen LogP contribution >= 0.6 is 23.3 Å². The molecule has 2 aromatic rings. The van der Waals surface area contributed by atoms with Crippen molar-refractivity contribution in [3.63, 3.8) is 0 Å². The third-order valence-electron chi connectivity index (χ3n) is 6.55. The number of hydrogen-bond acceptors (Lipinski definition) is 16. The molecule has 0 spiro atoms. The number of rotatable bonds is 13. The van der Waals surface area contributed by atoms with Crippen LogP contribution in [0.5, 0.6) is 0 Å². The molecule has 21 nitrogen and oxygen atoms in total. The van der Waals surface area contributed by atoms with E-state index in [1.54, 1.807) is 7.05 Å². The van der Waals surface area contributed by atoms with Gasteiger partial charge in [0, 0.05) is 29.4 Å². The van der Waals surface area contributed by atoms with Gasteiger partial charge in [0.25, 0.3) is 11.8 Å². The van der Waals surface area contributed by atoms with Crippen LogP contribution in [0.15, 0.2) is 22.6 Å². The van der Waals surface area contributed by atoms with Crippen LogP contribution in [0.1, 0.15) is 19.7 Å². The molecule has 0 saturated carbocycles. The van der Waals surface area contributed by atoms with Crippen LogP contribution in [-0.4, -0.2) is 95.5 Å². The predicted molar refractivity (Wildman–Crippen MR) is 158 cm³/mol. The average Bonchev–Trinajstić information content (AvgIpc) is 3.53. The quantitative estimate of drug-likeness (QED) is 0.0348. The number of amides is 4. The van der Waals surface area contributed by atoms with Crippen LogP contribution in [0, 0.1) is 0 Å². The topological polar surface area (TPSA) is 311 Å². The number of fused-ring (bicyclic) bond motifs is 1. The number of hydroxylamine groups is 1. The molecule has 4 rings (SSSR count). The van der Waals surface area contributed by atoms with Crippen LogP contribution < -0.4 is 43.1 Å². The fraction of sp³-hybridized carbons (Fsp3) is 0.435. The molecule has 2 aromatic heterocycles. The maximum atomic E-state index is 13.2. The van der Waals surface area contributed by atoms with E-state index in [2.05, 4.69) is 30.6 Å². The van der Waals surface area contributed by atoms with Crippen molar-refractivity contribution in [3.8, 4) is 0 Å². The Morgan fingerprint density at radius 2 is 2.02 bits per heavy atom. The van der Waals surface area contributed by atoms with Crippen molar-refractivity contribution in [1.29, 1.82) is 0 Å². The summed E-state index contributed by atoms with van der Waals surface area (Å²) in [7, 11) is 1.58. The number of urea groups is 1. The van der Waals surface area contributed by atoms with Gasteiger partial charge in [0.2, 0.25) is 23.3 Å². The molecule has 0 bridgehead atoms. The van der Waals surface area contributed by atoms with E-state index in [-0.39, 0.29) is 53.6 Å². The number of hydrogen-bond donors (Lipinski definition) is 7. The lowest BCUT2D eigenvalue weighted by molar-refractivity contribution is -0.765. The number of nitrogen functional groups attached to an aromatic ring is 2. The number of β-lactam (4-membered cyclic amide) rings is 1. The molecule has 10 N–H and O–H groups in total. The van der Waals surface area contributed by atoms with E-state index in [4.69, 9.17) is 26.9 Å². The first-order valence-corrected chi connectivity index (χ1v) is 15.0. The molecule has 1 saturated heterocycles. The minimum Gasteiger partial charge on any atom is -0.543 e. The minimum atomic E-state index is -1.83. The molecule has 1 fully saturated rings. The SMILES string of the molecule is Cn1c(N)c(NC(=O)NOCCN)c[n+]1CC1=C(C(=O)[O-])N2C(=O)[C@@H](NC(=O)/C(=N\OC(C)(C)C(=O)O)c3nsc(N)n3)[C@H]2SC1. The summed E-state index contributed by atoms with van der Waals surface area (Å²) in [6.45, 7) is 2.62. The number of nitrogens with two attached hydrogens (primary N) is 3. The van der Waals surface area contributed by atoms with Gasteiger partial charge in [0.1, 0.15) is 11.4 Å². The molecule has 2 aliphatic heterocycles. The molecule has 4 amide bonds. The van der Waals surface area contributed by atoms with Crippen molar-refractivity contribution in [1.82, 2.24) is 29.7 Å². The molecule has 2 aliphatic rings. The largest absolute Gasteiger partial charge is 0.543 e. The number of carbonyl (C=O) groups excluding carboxylic acids is 4. The molecule has 0 unspecified atom stereocenters. The molecular weight excluding hydrogens is 652 g/mol. The van der Waals surface area contributed by atoms with E-state index in [9.17, 15) is 34.2 Å². The van der Waals surface area contributed by atoms with Crippen molar-refractivity contribution >= 4 is 75.4 Å². The van der Waals surface area contributed by atoms with Crippen LogP contribution in [0.4, 0.5) is 21.4 Å². The summed E-state index contributed by atoms with van der Waals surface area (Å²) < 4.78 is 6.88. The van der Waals surface area contributed by atoms with Gasteiger partial charge in [-0.05, 0) is 13.8 Å². The minimum absolute atomic E-state index is 0.0152. The number of nitrogens with one attached hydrogen (secondary N) is 3. The summed E-state index contributed by atoms with van der Waals surface area (Å²) in [6.07, 6.45) is 1.46. The molecule has 0 aromatic carbocycles. The lowest BCUT2D eigenvalue weighted by Crippen LogP contribution is -2.71. The highest BCUT2D eigenvalue weighted by atomic mass is 32.2.